The van der Waals surface area contributed by atoms with Gasteiger partial charge < -0.3 is 4.74 Å². The normalized spacial score (nSPS) is 13.2. The van der Waals surface area contributed by atoms with E-state index >= 15 is 0 Å². The highest BCUT2D eigenvalue weighted by Crippen LogP contribution is 2.15. The maximum Gasteiger partial charge on any atom is 0.344 e. The zero-order valence-corrected chi connectivity index (χ0v) is 11.7. The van der Waals surface area contributed by atoms with E-state index in [0.29, 0.717) is 11.1 Å². The fourth-order valence-electron chi connectivity index (χ4n) is 1.56. The molecule has 1 atom stereocenters. The predicted octanol–water partition coefficient (Wildman–Crippen LogP) is 3.71. The summed E-state index contributed by atoms with van der Waals surface area (Å²) in [5, 5.41) is 0. The zero-order chi connectivity index (χ0) is 12.7. The molecule has 0 amide bonds. The maximum absolute atomic E-state index is 11.4. The van der Waals surface area contributed by atoms with Gasteiger partial charge in [0.25, 0.3) is 0 Å². The Morgan fingerprint density at radius 2 is 2.06 bits per heavy atom. The summed E-state index contributed by atoms with van der Waals surface area (Å²) >= 11 is 3.24. The first-order valence-corrected chi connectivity index (χ1v) is 6.51. The molecule has 0 radical (unpaired) electrons. The first-order chi connectivity index (χ1) is 8.13. The fraction of sp³-hybridized carbons (Fsp3) is 0.357. The Bertz CT molecular complexity index is 384. The summed E-state index contributed by atoms with van der Waals surface area (Å²) < 4.78 is 5.40. The van der Waals surface area contributed by atoms with Crippen LogP contribution >= 0.6 is 15.9 Å². The van der Waals surface area contributed by atoms with Gasteiger partial charge in [0.15, 0.2) is 0 Å². The molecule has 0 saturated heterocycles. The number of ether oxygens (including phenoxy) is 1. The van der Waals surface area contributed by atoms with Crippen molar-refractivity contribution in [2.24, 2.45) is 5.92 Å². The second-order valence-electron chi connectivity index (χ2n) is 3.90. The van der Waals surface area contributed by atoms with Gasteiger partial charge in [-0.15, -0.1) is 0 Å². The van der Waals surface area contributed by atoms with E-state index in [1.807, 2.05) is 24.3 Å². The molecule has 0 bridgehead atoms. The van der Waals surface area contributed by atoms with E-state index in [1.165, 1.54) is 5.56 Å². The van der Waals surface area contributed by atoms with Crippen molar-refractivity contribution >= 4 is 21.9 Å². The van der Waals surface area contributed by atoms with E-state index in [1.54, 1.807) is 6.92 Å². The van der Waals surface area contributed by atoms with E-state index in [-0.39, 0.29) is 11.9 Å². The first kappa shape index (κ1) is 14.0. The number of allylic oxidation sites excluding steroid dienone is 1. The molecule has 0 N–H and O–H groups in total. The van der Waals surface area contributed by atoms with Crippen molar-refractivity contribution < 1.29 is 9.53 Å². The molecule has 0 aliphatic carbocycles. The Morgan fingerprint density at radius 3 is 2.65 bits per heavy atom. The monoisotopic (exact) mass is 296 g/mol. The lowest BCUT2D eigenvalue weighted by atomic mass is 10.0. The summed E-state index contributed by atoms with van der Waals surface area (Å²) in [4.78, 5) is 11.4. The molecule has 1 aromatic rings. The van der Waals surface area contributed by atoms with Crippen molar-refractivity contribution in [2.45, 2.75) is 20.3 Å². The molecule has 0 saturated carbocycles. The Kier molecular flexibility index (Phi) is 5.98. The summed E-state index contributed by atoms with van der Waals surface area (Å²) in [6.45, 7) is 4.27. The van der Waals surface area contributed by atoms with Gasteiger partial charge in [0, 0.05) is 0 Å². The minimum atomic E-state index is -0.299. The molecule has 0 heterocycles. The lowest BCUT2D eigenvalue weighted by molar-refractivity contribution is -0.137. The second-order valence-corrected chi connectivity index (χ2v) is 4.76. The highest BCUT2D eigenvalue weighted by atomic mass is 79.9. The fourth-order valence-corrected chi connectivity index (χ4v) is 2.13. The molecule has 17 heavy (non-hydrogen) atoms. The maximum atomic E-state index is 11.4. The van der Waals surface area contributed by atoms with Crippen LogP contribution in [0.25, 0.3) is 0 Å². The molecule has 1 unspecified atom stereocenters. The van der Waals surface area contributed by atoms with Crippen molar-refractivity contribution in [2.75, 3.05) is 6.61 Å². The van der Waals surface area contributed by atoms with Gasteiger partial charge in [-0.05, 0) is 40.8 Å². The summed E-state index contributed by atoms with van der Waals surface area (Å²) in [6.07, 6.45) is 2.81. The molecular weight excluding hydrogens is 280 g/mol. The third-order valence-corrected chi connectivity index (χ3v) is 2.89. The standard InChI is InChI=1S/C14H17BrO2/c1-3-17-14(16)13(15)10-11(2)9-12-7-5-4-6-8-12/h4-8,10-11H,3,9H2,1-2H3. The molecule has 3 heteroatoms. The van der Waals surface area contributed by atoms with Gasteiger partial charge in [0.1, 0.15) is 0 Å². The molecule has 92 valence electrons. The van der Waals surface area contributed by atoms with Crippen molar-refractivity contribution in [1.29, 1.82) is 0 Å². The Labute approximate surface area is 111 Å². The minimum Gasteiger partial charge on any atom is -0.462 e. The first-order valence-electron chi connectivity index (χ1n) is 5.71. The third-order valence-electron chi connectivity index (χ3n) is 2.30. The molecule has 2 nitrogen and oxygen atoms in total. The molecule has 0 aromatic heterocycles. The van der Waals surface area contributed by atoms with Crippen LogP contribution in [0.1, 0.15) is 19.4 Å². The third kappa shape index (κ3) is 5.18. The second kappa shape index (κ2) is 7.28. The number of benzene rings is 1. The molecule has 1 aromatic carbocycles. The summed E-state index contributed by atoms with van der Waals surface area (Å²) in [7, 11) is 0. The SMILES string of the molecule is CCOC(=O)C(Br)=CC(C)Cc1ccccc1. The van der Waals surface area contributed by atoms with E-state index in [4.69, 9.17) is 4.74 Å². The van der Waals surface area contributed by atoms with Crippen LogP contribution in [0, 0.1) is 5.92 Å². The molecule has 0 aliphatic heterocycles. The molecule has 1 rings (SSSR count). The number of carbonyl (C=O) groups is 1. The Hall–Kier alpha value is -1.09. The lowest BCUT2D eigenvalue weighted by Crippen LogP contribution is -2.05. The number of hydrogen-bond donors (Lipinski definition) is 0. The van der Waals surface area contributed by atoms with Crippen molar-refractivity contribution in [3.05, 3.63) is 46.5 Å². The summed E-state index contributed by atoms with van der Waals surface area (Å²) in [5.41, 5.74) is 1.26. The summed E-state index contributed by atoms with van der Waals surface area (Å²) in [6, 6.07) is 10.2. The summed E-state index contributed by atoms with van der Waals surface area (Å²) in [5.74, 6) is -0.0106. The van der Waals surface area contributed by atoms with Crippen molar-refractivity contribution in [3.63, 3.8) is 0 Å². The molecule has 0 aliphatic rings. The quantitative estimate of drug-likeness (QED) is 0.612. The largest absolute Gasteiger partial charge is 0.462 e. The smallest absolute Gasteiger partial charge is 0.344 e. The van der Waals surface area contributed by atoms with E-state index in [9.17, 15) is 4.79 Å². The average molecular weight is 297 g/mol. The van der Waals surface area contributed by atoms with Crippen LogP contribution in [-0.2, 0) is 16.0 Å². The van der Waals surface area contributed by atoms with Gasteiger partial charge in [0.2, 0.25) is 0 Å². The topological polar surface area (TPSA) is 26.3 Å². The Morgan fingerprint density at radius 1 is 1.41 bits per heavy atom. The van der Waals surface area contributed by atoms with Gasteiger partial charge in [-0.3, -0.25) is 0 Å². The zero-order valence-electron chi connectivity index (χ0n) is 10.2. The van der Waals surface area contributed by atoms with Crippen LogP contribution in [-0.4, -0.2) is 12.6 Å². The number of hydrogen-bond acceptors (Lipinski definition) is 2. The van der Waals surface area contributed by atoms with Crippen LogP contribution in [0.4, 0.5) is 0 Å². The van der Waals surface area contributed by atoms with Crippen molar-refractivity contribution in [3.8, 4) is 0 Å². The number of rotatable bonds is 5. The Balaban J connectivity index is 2.56. The van der Waals surface area contributed by atoms with E-state index < -0.39 is 0 Å². The predicted molar refractivity (Wildman–Crippen MR) is 73.0 cm³/mol. The van der Waals surface area contributed by atoms with Crippen LogP contribution in [0.3, 0.4) is 0 Å². The molecular formula is C14H17BrO2. The van der Waals surface area contributed by atoms with Crippen LogP contribution in [0.15, 0.2) is 40.9 Å². The van der Waals surface area contributed by atoms with Crippen molar-refractivity contribution in [1.82, 2.24) is 0 Å². The van der Waals surface area contributed by atoms with Gasteiger partial charge in [-0.1, -0.05) is 43.3 Å². The number of esters is 1. The molecule has 0 spiro atoms. The van der Waals surface area contributed by atoms with Crippen LogP contribution in [0.2, 0.25) is 0 Å². The highest BCUT2D eigenvalue weighted by Gasteiger charge is 2.09. The van der Waals surface area contributed by atoms with Gasteiger partial charge in [-0.25, -0.2) is 4.79 Å². The van der Waals surface area contributed by atoms with E-state index in [0.717, 1.165) is 6.42 Å². The van der Waals surface area contributed by atoms with Crippen LogP contribution < -0.4 is 0 Å². The van der Waals surface area contributed by atoms with Gasteiger partial charge in [-0.2, -0.15) is 0 Å². The average Bonchev–Trinajstić information content (AvgIpc) is 2.30. The van der Waals surface area contributed by atoms with Crippen LogP contribution in [0.5, 0.6) is 0 Å². The number of halogens is 1. The lowest BCUT2D eigenvalue weighted by Gasteiger charge is -2.07. The molecule has 0 fully saturated rings. The van der Waals surface area contributed by atoms with Gasteiger partial charge in [0.05, 0.1) is 11.1 Å². The van der Waals surface area contributed by atoms with E-state index in [2.05, 4.69) is 35.0 Å². The number of carbonyl (C=O) groups excluding carboxylic acids is 1. The van der Waals surface area contributed by atoms with Gasteiger partial charge >= 0.3 is 5.97 Å². The minimum absolute atomic E-state index is 0.288. The highest BCUT2D eigenvalue weighted by molar-refractivity contribution is 9.12.